The number of aromatic nitrogens is 2. The van der Waals surface area contributed by atoms with Crippen molar-refractivity contribution >= 4 is 6.09 Å². The van der Waals surface area contributed by atoms with E-state index in [2.05, 4.69) is 14.5 Å². The molecule has 0 radical (unpaired) electrons. The summed E-state index contributed by atoms with van der Waals surface area (Å²) in [5.41, 5.74) is -0.129. The van der Waals surface area contributed by atoms with Crippen LogP contribution < -0.4 is 9.64 Å². The molecule has 0 aromatic carbocycles. The molecule has 1 aromatic heterocycles. The number of ether oxygens (including phenoxy) is 1. The van der Waals surface area contributed by atoms with Crippen molar-refractivity contribution in [2.24, 2.45) is 0 Å². The third-order valence-corrected chi connectivity index (χ3v) is 1.34. The minimum absolute atomic E-state index is 0.0903. The first-order valence-corrected chi connectivity index (χ1v) is 3.65. The van der Waals surface area contributed by atoms with Gasteiger partial charge in [0.2, 0.25) is 0 Å². The van der Waals surface area contributed by atoms with Crippen LogP contribution in [0.15, 0.2) is 4.63 Å². The summed E-state index contributed by atoms with van der Waals surface area (Å²) in [4.78, 5) is 12.1. The lowest BCUT2D eigenvalue weighted by Gasteiger charge is -2.07. The predicted molar refractivity (Wildman–Crippen MR) is 41.1 cm³/mol. The molecule has 0 fully saturated rings. The summed E-state index contributed by atoms with van der Waals surface area (Å²) in [5.74, 6) is -0.453. The first-order valence-electron chi connectivity index (χ1n) is 3.65. The van der Waals surface area contributed by atoms with Crippen molar-refractivity contribution in [3.8, 4) is 5.88 Å². The largest absolute Gasteiger partial charge is 0.417 e. The molecular formula is C6H9N3O5. The van der Waals surface area contributed by atoms with Gasteiger partial charge in [0.15, 0.2) is 0 Å². The Morgan fingerprint density at radius 3 is 2.93 bits per heavy atom. The molecule has 1 heterocycles. The lowest BCUT2D eigenvalue weighted by Crippen LogP contribution is -2.32. The highest BCUT2D eigenvalue weighted by Gasteiger charge is 2.23. The highest BCUT2D eigenvalue weighted by atomic mass is 16.8. The second-order valence-electron chi connectivity index (χ2n) is 2.60. The van der Waals surface area contributed by atoms with E-state index in [1.54, 1.807) is 0 Å². The van der Waals surface area contributed by atoms with Crippen LogP contribution in [0.2, 0.25) is 0 Å². The Balaban J connectivity index is 2.84. The van der Waals surface area contributed by atoms with Gasteiger partial charge in [-0.2, -0.15) is 0 Å². The summed E-state index contributed by atoms with van der Waals surface area (Å²) in [6, 6.07) is 0. The summed E-state index contributed by atoms with van der Waals surface area (Å²) in [7, 11) is 2.90. The molecule has 0 saturated carbocycles. The van der Waals surface area contributed by atoms with Gasteiger partial charge in [-0.05, 0) is 4.90 Å². The molecule has 0 aliphatic heterocycles. The molecule has 0 spiro atoms. The first kappa shape index (κ1) is 10.3. The Hall–Kier alpha value is -1.83. The second-order valence-corrected chi connectivity index (χ2v) is 2.60. The van der Waals surface area contributed by atoms with E-state index in [0.29, 0.717) is 0 Å². The Labute approximate surface area is 78.8 Å². The number of nitrogens with zero attached hydrogens (tertiary/aromatic N) is 3. The van der Waals surface area contributed by atoms with Crippen molar-refractivity contribution in [2.75, 3.05) is 14.1 Å². The molecule has 78 valence electrons. The third-order valence-electron chi connectivity index (χ3n) is 1.34. The van der Waals surface area contributed by atoms with Crippen LogP contribution in [0.5, 0.6) is 5.88 Å². The van der Waals surface area contributed by atoms with Crippen molar-refractivity contribution in [1.29, 1.82) is 0 Å². The van der Waals surface area contributed by atoms with E-state index in [9.17, 15) is 10.0 Å². The molecule has 14 heavy (non-hydrogen) atoms. The molecule has 0 aliphatic carbocycles. The summed E-state index contributed by atoms with van der Waals surface area (Å²) >= 11 is 0. The van der Waals surface area contributed by atoms with Crippen LogP contribution in [0.4, 0.5) is 4.79 Å². The van der Waals surface area contributed by atoms with E-state index in [4.69, 9.17) is 5.11 Å². The maximum Gasteiger partial charge on any atom is 0.417 e. The van der Waals surface area contributed by atoms with Gasteiger partial charge in [-0.15, -0.1) is 0 Å². The lowest BCUT2D eigenvalue weighted by atomic mass is 10.5. The Bertz CT molecular complexity index is 334. The van der Waals surface area contributed by atoms with Crippen molar-refractivity contribution in [1.82, 2.24) is 10.1 Å². The minimum atomic E-state index is -0.757. The molecule has 0 atom stereocenters. The van der Waals surface area contributed by atoms with Gasteiger partial charge < -0.3 is 20.0 Å². The molecule has 1 N–H and O–H groups in total. The number of aliphatic hydroxyl groups excluding tert-OH is 1. The number of amides is 1. The average molecular weight is 203 g/mol. The van der Waals surface area contributed by atoms with Gasteiger partial charge in [0.05, 0.1) is 0 Å². The van der Waals surface area contributed by atoms with Crippen molar-refractivity contribution in [3.05, 3.63) is 10.9 Å². The fourth-order valence-electron chi connectivity index (χ4n) is 0.635. The zero-order chi connectivity index (χ0) is 10.7. The topological polar surface area (TPSA) is 103 Å². The molecule has 1 aromatic rings. The molecule has 0 unspecified atom stereocenters. The Kier molecular flexibility index (Phi) is 2.87. The van der Waals surface area contributed by atoms with Crippen LogP contribution in [-0.4, -0.2) is 35.4 Å². The number of rotatable bonds is 2. The van der Waals surface area contributed by atoms with E-state index in [0.717, 1.165) is 4.90 Å². The average Bonchev–Trinajstić information content (AvgIpc) is 2.47. The van der Waals surface area contributed by atoms with Gasteiger partial charge in [-0.3, -0.25) is 4.63 Å². The van der Waals surface area contributed by atoms with E-state index >= 15 is 0 Å². The SMILES string of the molecule is CN(C)C(=O)Oc1c(CO)no[n+]1[O-]. The van der Waals surface area contributed by atoms with Crippen molar-refractivity contribution in [2.45, 2.75) is 6.61 Å². The molecule has 0 bridgehead atoms. The number of aliphatic hydroxyl groups is 1. The van der Waals surface area contributed by atoms with E-state index in [1.807, 2.05) is 0 Å². The van der Waals surface area contributed by atoms with Crippen molar-refractivity contribution in [3.63, 3.8) is 0 Å². The monoisotopic (exact) mass is 203 g/mol. The van der Waals surface area contributed by atoms with Crippen LogP contribution in [-0.2, 0) is 6.61 Å². The fraction of sp³-hybridized carbons (Fsp3) is 0.500. The number of carbonyl (C=O) groups excluding carboxylic acids is 1. The molecule has 0 aliphatic rings. The van der Waals surface area contributed by atoms with Crippen molar-refractivity contribution < 1.29 is 24.2 Å². The maximum atomic E-state index is 11.0. The molecule has 1 rings (SSSR count). The van der Waals surface area contributed by atoms with Gasteiger partial charge in [-0.1, -0.05) is 0 Å². The first-order chi connectivity index (χ1) is 6.56. The van der Waals surface area contributed by atoms with E-state index in [1.165, 1.54) is 14.1 Å². The smallest absolute Gasteiger partial charge is 0.387 e. The summed E-state index contributed by atoms with van der Waals surface area (Å²) in [6.45, 7) is -0.547. The molecule has 0 saturated heterocycles. The van der Waals surface area contributed by atoms with E-state index < -0.39 is 18.6 Å². The Morgan fingerprint density at radius 1 is 1.79 bits per heavy atom. The number of carbonyl (C=O) groups is 1. The van der Waals surface area contributed by atoms with Gasteiger partial charge >= 0.3 is 12.0 Å². The zero-order valence-electron chi connectivity index (χ0n) is 7.63. The normalized spacial score (nSPS) is 9.93. The number of hydrogen-bond donors (Lipinski definition) is 1. The third kappa shape index (κ3) is 1.91. The highest BCUT2D eigenvalue weighted by molar-refractivity contribution is 5.69. The standard InChI is InChI=1S/C6H9N3O5/c1-8(2)6(11)13-5-4(3-10)7-14-9(5)12/h10H,3H2,1-2H3. The zero-order valence-corrected chi connectivity index (χ0v) is 7.63. The maximum absolute atomic E-state index is 11.0. The van der Waals surface area contributed by atoms with Crippen LogP contribution in [0.25, 0.3) is 0 Å². The summed E-state index contributed by atoms with van der Waals surface area (Å²) < 4.78 is 8.71. The van der Waals surface area contributed by atoms with Crippen LogP contribution in [0.1, 0.15) is 5.69 Å². The molecular weight excluding hydrogens is 194 g/mol. The minimum Gasteiger partial charge on any atom is -0.387 e. The van der Waals surface area contributed by atoms with Crippen LogP contribution in [0, 0.1) is 5.21 Å². The second kappa shape index (κ2) is 3.92. The lowest BCUT2D eigenvalue weighted by molar-refractivity contribution is -0.804. The molecule has 8 nitrogen and oxygen atoms in total. The summed E-state index contributed by atoms with van der Waals surface area (Å²) in [6.07, 6.45) is -0.757. The molecule has 8 heteroatoms. The van der Waals surface area contributed by atoms with Gasteiger partial charge in [-0.25, -0.2) is 4.79 Å². The highest BCUT2D eigenvalue weighted by Crippen LogP contribution is 2.10. The predicted octanol–water partition coefficient (Wildman–Crippen LogP) is -1.14. The fourth-order valence-corrected chi connectivity index (χ4v) is 0.635. The quantitative estimate of drug-likeness (QED) is 0.609. The van der Waals surface area contributed by atoms with Crippen LogP contribution >= 0.6 is 0 Å². The summed E-state index contributed by atoms with van der Waals surface area (Å²) in [5, 5.41) is 22.7. The van der Waals surface area contributed by atoms with E-state index in [-0.39, 0.29) is 10.6 Å². The van der Waals surface area contributed by atoms with Gasteiger partial charge in [0.1, 0.15) is 6.61 Å². The van der Waals surface area contributed by atoms with Gasteiger partial charge in [0.25, 0.3) is 5.69 Å². The molecule has 1 amide bonds. The van der Waals surface area contributed by atoms with Crippen LogP contribution in [0.3, 0.4) is 0 Å². The Morgan fingerprint density at radius 2 is 2.43 bits per heavy atom. The number of hydrogen-bond acceptors (Lipinski definition) is 6. The van der Waals surface area contributed by atoms with Gasteiger partial charge in [0, 0.05) is 19.3 Å².